The molecule has 0 aliphatic carbocycles. The fourth-order valence-corrected chi connectivity index (χ4v) is 7.39. The van der Waals surface area contributed by atoms with Crippen LogP contribution in [-0.2, 0) is 19.9 Å². The number of sulfonamides is 1. The van der Waals surface area contributed by atoms with Crippen molar-refractivity contribution < 1.29 is 34.8 Å². The topological polar surface area (TPSA) is 125 Å². The number of piperazine rings is 1. The van der Waals surface area contributed by atoms with Gasteiger partial charge in [-0.3, -0.25) is 4.79 Å². The first kappa shape index (κ1) is 32.8. The second-order valence-corrected chi connectivity index (χ2v) is 14.4. The van der Waals surface area contributed by atoms with Crippen molar-refractivity contribution >= 4 is 43.2 Å². The monoisotopic (exact) mass is 656 g/mol. The lowest BCUT2D eigenvalue weighted by molar-refractivity contribution is -0.0435. The van der Waals surface area contributed by atoms with E-state index in [0.717, 1.165) is 43.2 Å². The first-order chi connectivity index (χ1) is 20.4. The molecule has 0 spiro atoms. The normalized spacial score (nSPS) is 15.5. The van der Waals surface area contributed by atoms with E-state index in [-0.39, 0.29) is 11.3 Å². The molecule has 4 rings (SSSR count). The smallest absolute Gasteiger partial charge is 0.380 e. The highest BCUT2D eigenvalue weighted by molar-refractivity contribution is 7.99. The van der Waals surface area contributed by atoms with Crippen LogP contribution in [0.2, 0.25) is 0 Å². The lowest BCUT2D eigenvalue weighted by Gasteiger charge is -2.29. The molecule has 1 heterocycles. The minimum atomic E-state index is -5.98. The molecule has 1 atom stereocenters. The SMILES string of the molecule is O=C(NS(=O)(=O)c1ccc(N[C@H](CCN2CCNCC2)CSc2ccccc2)c(S(=O)(=O)C(F)(F)F)c1)c1ccccc1. The van der Waals surface area contributed by atoms with Crippen LogP contribution < -0.4 is 15.4 Å². The Kier molecular flexibility index (Phi) is 10.8. The number of hydrogen-bond donors (Lipinski definition) is 3. The zero-order valence-electron chi connectivity index (χ0n) is 22.9. The number of hydrogen-bond acceptors (Lipinski definition) is 9. The maximum absolute atomic E-state index is 13.8. The molecule has 1 amide bonds. The van der Waals surface area contributed by atoms with Crippen LogP contribution in [0, 0.1) is 0 Å². The fraction of sp³-hybridized carbons (Fsp3) is 0.321. The van der Waals surface area contributed by atoms with E-state index in [1.807, 2.05) is 30.3 Å². The van der Waals surface area contributed by atoms with Crippen LogP contribution in [0.15, 0.2) is 93.5 Å². The van der Waals surface area contributed by atoms with Crippen LogP contribution in [0.25, 0.3) is 0 Å². The van der Waals surface area contributed by atoms with Crippen LogP contribution in [0.5, 0.6) is 0 Å². The lowest BCUT2D eigenvalue weighted by Crippen LogP contribution is -2.44. The second-order valence-electron chi connectivity index (χ2n) is 9.75. The van der Waals surface area contributed by atoms with Gasteiger partial charge in [-0.05, 0) is 48.9 Å². The number of rotatable bonds is 12. The summed E-state index contributed by atoms with van der Waals surface area (Å²) in [6.45, 7) is 3.83. The Labute approximate surface area is 253 Å². The van der Waals surface area contributed by atoms with E-state index in [1.54, 1.807) is 10.8 Å². The molecule has 0 unspecified atom stereocenters. The van der Waals surface area contributed by atoms with Gasteiger partial charge in [0, 0.05) is 55.0 Å². The highest BCUT2D eigenvalue weighted by Gasteiger charge is 2.48. The fourth-order valence-electron chi connectivity index (χ4n) is 4.37. The minimum absolute atomic E-state index is 0.00394. The van der Waals surface area contributed by atoms with Crippen molar-refractivity contribution in [1.29, 1.82) is 0 Å². The van der Waals surface area contributed by atoms with Gasteiger partial charge in [-0.1, -0.05) is 36.4 Å². The van der Waals surface area contributed by atoms with Crippen molar-refractivity contribution in [3.05, 3.63) is 84.4 Å². The molecule has 1 fully saturated rings. The third-order valence-corrected chi connectivity index (χ3v) is 10.7. The molecule has 15 heteroatoms. The summed E-state index contributed by atoms with van der Waals surface area (Å²) in [4.78, 5) is 13.6. The summed E-state index contributed by atoms with van der Waals surface area (Å²) in [5.41, 5.74) is -6.09. The largest absolute Gasteiger partial charge is 0.501 e. The molecule has 0 bridgehead atoms. The van der Waals surface area contributed by atoms with Gasteiger partial charge in [0.05, 0.1) is 10.6 Å². The van der Waals surface area contributed by atoms with E-state index < -0.39 is 47.1 Å². The lowest BCUT2D eigenvalue weighted by atomic mass is 10.2. The number of halogens is 3. The molecule has 0 aromatic heterocycles. The number of nitrogens with zero attached hydrogens (tertiary/aromatic N) is 1. The quantitative estimate of drug-likeness (QED) is 0.249. The standard InChI is InChI=1S/C28H31F3N4O5S3/c29-28(30,31)42(37,38)26-19-24(43(39,40)34-27(36)21-7-3-1-4-8-21)11-12-25(26)33-22(13-16-35-17-14-32-15-18-35)20-41-23-9-5-2-6-10-23/h1-12,19,22,32-33H,13-18,20H2,(H,34,36)/t22-/m1/s1. The van der Waals surface area contributed by atoms with Crippen molar-refractivity contribution in [2.75, 3.05) is 43.8 Å². The summed E-state index contributed by atoms with van der Waals surface area (Å²) in [5.74, 6) is -0.622. The van der Waals surface area contributed by atoms with Crippen molar-refractivity contribution in [3.63, 3.8) is 0 Å². The number of alkyl halides is 3. The number of amides is 1. The number of anilines is 1. The van der Waals surface area contributed by atoms with Gasteiger partial charge >= 0.3 is 5.51 Å². The highest BCUT2D eigenvalue weighted by Crippen LogP contribution is 2.36. The Morgan fingerprint density at radius 2 is 1.56 bits per heavy atom. The Morgan fingerprint density at radius 1 is 0.930 bits per heavy atom. The maximum Gasteiger partial charge on any atom is 0.501 e. The van der Waals surface area contributed by atoms with Gasteiger partial charge in [-0.25, -0.2) is 21.6 Å². The van der Waals surface area contributed by atoms with Crippen LogP contribution in [0.1, 0.15) is 16.8 Å². The summed E-state index contributed by atoms with van der Waals surface area (Å²) in [6, 6.07) is 18.6. The molecule has 1 saturated heterocycles. The molecule has 43 heavy (non-hydrogen) atoms. The Morgan fingerprint density at radius 3 is 2.19 bits per heavy atom. The van der Waals surface area contributed by atoms with E-state index in [4.69, 9.17) is 0 Å². The number of thioether (sulfide) groups is 1. The Bertz CT molecular complexity index is 1600. The predicted molar refractivity (Wildman–Crippen MR) is 159 cm³/mol. The summed E-state index contributed by atoms with van der Waals surface area (Å²) in [5, 5.41) is 6.21. The van der Waals surface area contributed by atoms with E-state index in [2.05, 4.69) is 15.5 Å². The van der Waals surface area contributed by atoms with Gasteiger partial charge < -0.3 is 15.5 Å². The molecule has 1 aliphatic heterocycles. The maximum atomic E-state index is 13.8. The summed E-state index contributed by atoms with van der Waals surface area (Å²) < 4.78 is 94.5. The molecule has 9 nitrogen and oxygen atoms in total. The van der Waals surface area contributed by atoms with Gasteiger partial charge in [0.25, 0.3) is 25.8 Å². The molecule has 1 aliphatic rings. The average molecular weight is 657 g/mol. The molecule has 0 radical (unpaired) electrons. The molecular weight excluding hydrogens is 626 g/mol. The van der Waals surface area contributed by atoms with E-state index in [0.29, 0.717) is 24.8 Å². The summed E-state index contributed by atoms with van der Waals surface area (Å²) >= 11 is 1.46. The van der Waals surface area contributed by atoms with Gasteiger partial charge in [0.15, 0.2) is 0 Å². The molecule has 232 valence electrons. The first-order valence-electron chi connectivity index (χ1n) is 13.3. The molecule has 3 aromatic rings. The Balaban J connectivity index is 1.65. The average Bonchev–Trinajstić information content (AvgIpc) is 2.99. The van der Waals surface area contributed by atoms with E-state index in [9.17, 15) is 34.8 Å². The Hall–Kier alpha value is -3.11. The second kappa shape index (κ2) is 14.1. The zero-order chi connectivity index (χ0) is 31.1. The zero-order valence-corrected chi connectivity index (χ0v) is 25.3. The molecule has 0 saturated carbocycles. The van der Waals surface area contributed by atoms with Crippen LogP contribution in [-0.4, -0.2) is 77.7 Å². The van der Waals surface area contributed by atoms with Crippen molar-refractivity contribution in [1.82, 2.24) is 14.9 Å². The van der Waals surface area contributed by atoms with E-state index in [1.165, 1.54) is 36.0 Å². The van der Waals surface area contributed by atoms with Crippen LogP contribution >= 0.6 is 11.8 Å². The summed E-state index contributed by atoms with van der Waals surface area (Å²) in [6.07, 6.45) is 0.485. The number of carbonyl (C=O) groups is 1. The van der Waals surface area contributed by atoms with Crippen LogP contribution in [0.3, 0.4) is 0 Å². The molecule has 3 aromatic carbocycles. The first-order valence-corrected chi connectivity index (χ1v) is 17.3. The van der Waals surface area contributed by atoms with Gasteiger partial charge in [0.2, 0.25) is 0 Å². The number of benzene rings is 3. The summed E-state index contributed by atoms with van der Waals surface area (Å²) in [7, 11) is -10.7. The minimum Gasteiger partial charge on any atom is -0.380 e. The predicted octanol–water partition coefficient (Wildman–Crippen LogP) is 3.97. The van der Waals surface area contributed by atoms with E-state index >= 15 is 0 Å². The van der Waals surface area contributed by atoms with Crippen LogP contribution in [0.4, 0.5) is 18.9 Å². The number of sulfone groups is 1. The van der Waals surface area contributed by atoms with Crippen molar-refractivity contribution in [2.45, 2.75) is 32.7 Å². The molecular formula is C28H31F3N4O5S3. The number of nitrogens with one attached hydrogen (secondary N) is 3. The third-order valence-electron chi connectivity index (χ3n) is 6.68. The van der Waals surface area contributed by atoms with Gasteiger partial charge in [0.1, 0.15) is 4.90 Å². The van der Waals surface area contributed by atoms with Crippen molar-refractivity contribution in [2.24, 2.45) is 0 Å². The third kappa shape index (κ3) is 8.72. The van der Waals surface area contributed by atoms with Gasteiger partial charge in [-0.2, -0.15) is 13.2 Å². The molecule has 3 N–H and O–H groups in total. The highest BCUT2D eigenvalue weighted by atomic mass is 32.2. The number of carbonyl (C=O) groups excluding carboxylic acids is 1. The van der Waals surface area contributed by atoms with Crippen molar-refractivity contribution in [3.8, 4) is 0 Å². The van der Waals surface area contributed by atoms with Gasteiger partial charge in [-0.15, -0.1) is 11.8 Å².